The maximum absolute atomic E-state index is 6.08. The molecule has 5 nitrogen and oxygen atoms in total. The van der Waals surface area contributed by atoms with Crippen molar-refractivity contribution >= 4 is 22.4 Å². The number of hydrogen-bond acceptors (Lipinski definition) is 6. The number of nitrogen functional groups attached to an aromatic ring is 1. The summed E-state index contributed by atoms with van der Waals surface area (Å²) in [6.07, 6.45) is 3.59. The molecule has 2 heterocycles. The van der Waals surface area contributed by atoms with Gasteiger partial charge in [-0.3, -0.25) is 4.98 Å². The molecule has 21 heavy (non-hydrogen) atoms. The van der Waals surface area contributed by atoms with Crippen LogP contribution in [0.15, 0.2) is 24.5 Å². The molecule has 2 aromatic heterocycles. The van der Waals surface area contributed by atoms with E-state index in [0.29, 0.717) is 18.3 Å². The van der Waals surface area contributed by atoms with Crippen LogP contribution in [0.4, 0.5) is 10.8 Å². The van der Waals surface area contributed by atoms with Gasteiger partial charge in [0, 0.05) is 38.2 Å². The molecular weight excluding hydrogens is 284 g/mol. The van der Waals surface area contributed by atoms with Crippen LogP contribution in [0.1, 0.15) is 13.8 Å². The average Bonchev–Trinajstić information content (AvgIpc) is 2.85. The number of pyridine rings is 1. The lowest BCUT2D eigenvalue weighted by molar-refractivity contribution is 0.204. The quantitative estimate of drug-likeness (QED) is 0.852. The Labute approximate surface area is 129 Å². The lowest BCUT2D eigenvalue weighted by Crippen LogP contribution is -2.30. The Morgan fingerprint density at radius 2 is 2.24 bits per heavy atom. The van der Waals surface area contributed by atoms with Gasteiger partial charge in [0.1, 0.15) is 10.8 Å². The van der Waals surface area contributed by atoms with Crippen LogP contribution < -0.4 is 10.6 Å². The summed E-state index contributed by atoms with van der Waals surface area (Å²) < 4.78 is 9.57. The predicted octanol–water partition coefficient (Wildman–Crippen LogP) is 2.90. The Kier molecular flexibility index (Phi) is 5.52. The fraction of sp³-hybridized carbons (Fsp3) is 0.467. The molecule has 0 amide bonds. The van der Waals surface area contributed by atoms with Gasteiger partial charge in [0.05, 0.1) is 12.2 Å². The first-order chi connectivity index (χ1) is 10.1. The fourth-order valence-electron chi connectivity index (χ4n) is 2.21. The highest BCUT2D eigenvalue weighted by Gasteiger charge is 2.20. The third kappa shape index (κ3) is 3.92. The average molecular weight is 306 g/mol. The van der Waals surface area contributed by atoms with Crippen LogP contribution in [0.2, 0.25) is 0 Å². The molecule has 0 atom stereocenters. The number of nitrogens with two attached hydrogens (primary N) is 1. The van der Waals surface area contributed by atoms with E-state index in [0.717, 1.165) is 29.2 Å². The second kappa shape index (κ2) is 7.38. The number of rotatable bonds is 7. The number of aromatic nitrogens is 2. The molecule has 0 saturated carbocycles. The van der Waals surface area contributed by atoms with Crippen LogP contribution >= 0.6 is 11.5 Å². The van der Waals surface area contributed by atoms with Crippen molar-refractivity contribution in [3.8, 4) is 11.1 Å². The topological polar surface area (TPSA) is 64.3 Å². The summed E-state index contributed by atoms with van der Waals surface area (Å²) in [5.41, 5.74) is 8.07. The lowest BCUT2D eigenvalue weighted by Gasteiger charge is -2.25. The van der Waals surface area contributed by atoms with Gasteiger partial charge < -0.3 is 15.4 Å². The highest BCUT2D eigenvalue weighted by molar-refractivity contribution is 7.11. The van der Waals surface area contributed by atoms with Gasteiger partial charge in [-0.05, 0) is 23.5 Å². The summed E-state index contributed by atoms with van der Waals surface area (Å²) in [4.78, 5) is 6.48. The van der Waals surface area contributed by atoms with Crippen LogP contribution in [0, 0.1) is 5.92 Å². The molecule has 0 saturated heterocycles. The van der Waals surface area contributed by atoms with Crippen LogP contribution in [0.25, 0.3) is 11.1 Å². The molecule has 0 fully saturated rings. The third-order valence-corrected chi connectivity index (χ3v) is 4.01. The van der Waals surface area contributed by atoms with Gasteiger partial charge in [0.2, 0.25) is 0 Å². The number of anilines is 2. The molecule has 0 unspecified atom stereocenters. The van der Waals surface area contributed by atoms with E-state index in [1.807, 2.05) is 18.3 Å². The Morgan fingerprint density at radius 3 is 2.86 bits per heavy atom. The van der Waals surface area contributed by atoms with Crippen LogP contribution in [0.3, 0.4) is 0 Å². The Balaban J connectivity index is 2.37. The van der Waals surface area contributed by atoms with E-state index in [4.69, 9.17) is 10.5 Å². The van der Waals surface area contributed by atoms with Crippen molar-refractivity contribution in [2.75, 3.05) is 37.4 Å². The van der Waals surface area contributed by atoms with Gasteiger partial charge >= 0.3 is 0 Å². The van der Waals surface area contributed by atoms with E-state index in [-0.39, 0.29) is 0 Å². The highest BCUT2D eigenvalue weighted by atomic mass is 32.1. The maximum atomic E-state index is 6.08. The second-order valence-electron chi connectivity index (χ2n) is 5.32. The van der Waals surface area contributed by atoms with E-state index in [1.54, 1.807) is 13.3 Å². The molecular formula is C15H22N4OS. The first kappa shape index (κ1) is 15.7. The van der Waals surface area contributed by atoms with Crippen molar-refractivity contribution in [1.29, 1.82) is 0 Å². The smallest absolute Gasteiger partial charge is 0.147 e. The highest BCUT2D eigenvalue weighted by Crippen LogP contribution is 2.39. The minimum atomic E-state index is 0.548. The normalized spacial score (nSPS) is 11.0. The second-order valence-corrected chi connectivity index (χ2v) is 6.07. The van der Waals surface area contributed by atoms with Gasteiger partial charge in [0.15, 0.2) is 0 Å². The molecule has 0 aliphatic heterocycles. The summed E-state index contributed by atoms with van der Waals surface area (Å²) in [7, 11) is 1.72. The Hall–Kier alpha value is -1.66. The van der Waals surface area contributed by atoms with Crippen LogP contribution in [-0.4, -0.2) is 36.2 Å². The van der Waals surface area contributed by atoms with Gasteiger partial charge in [-0.15, -0.1) is 0 Å². The zero-order valence-electron chi connectivity index (χ0n) is 12.7. The van der Waals surface area contributed by atoms with E-state index in [1.165, 1.54) is 11.5 Å². The zero-order valence-corrected chi connectivity index (χ0v) is 13.6. The van der Waals surface area contributed by atoms with Crippen molar-refractivity contribution in [1.82, 2.24) is 9.36 Å². The standard InChI is InChI=1S/C15H22N4OS/c1-11(2)10-19(7-8-20-3)15-13(14(16)18-21-15)12-5-4-6-17-9-12/h4-6,9,11H,7-8,10H2,1-3H3,(H2,16,18). The lowest BCUT2D eigenvalue weighted by atomic mass is 10.1. The summed E-state index contributed by atoms with van der Waals surface area (Å²) in [6, 6.07) is 3.93. The molecule has 2 aromatic rings. The van der Waals surface area contributed by atoms with Crippen molar-refractivity contribution in [2.24, 2.45) is 5.92 Å². The van der Waals surface area contributed by atoms with E-state index < -0.39 is 0 Å². The van der Waals surface area contributed by atoms with Gasteiger partial charge in [-0.2, -0.15) is 4.37 Å². The van der Waals surface area contributed by atoms with E-state index >= 15 is 0 Å². The summed E-state index contributed by atoms with van der Waals surface area (Å²) >= 11 is 1.44. The molecule has 2 N–H and O–H groups in total. The molecule has 0 aliphatic rings. The fourth-order valence-corrected chi connectivity index (χ4v) is 3.08. The summed E-state index contributed by atoms with van der Waals surface area (Å²) in [6.45, 7) is 6.85. The number of nitrogens with zero attached hydrogens (tertiary/aromatic N) is 3. The third-order valence-electron chi connectivity index (χ3n) is 3.09. The van der Waals surface area contributed by atoms with Crippen molar-refractivity contribution in [3.05, 3.63) is 24.5 Å². The summed E-state index contributed by atoms with van der Waals surface area (Å²) in [5, 5.41) is 1.09. The molecule has 6 heteroatoms. The summed E-state index contributed by atoms with van der Waals surface area (Å²) in [5.74, 6) is 1.11. The van der Waals surface area contributed by atoms with Crippen LogP contribution in [-0.2, 0) is 4.74 Å². The predicted molar refractivity (Wildman–Crippen MR) is 88.7 cm³/mol. The SMILES string of the molecule is COCCN(CC(C)C)c1snc(N)c1-c1cccnc1. The molecule has 0 spiro atoms. The van der Waals surface area contributed by atoms with Crippen molar-refractivity contribution in [3.63, 3.8) is 0 Å². The number of ether oxygens (including phenoxy) is 1. The van der Waals surface area contributed by atoms with E-state index in [2.05, 4.69) is 28.1 Å². The molecule has 0 bridgehead atoms. The van der Waals surface area contributed by atoms with Crippen molar-refractivity contribution in [2.45, 2.75) is 13.8 Å². The first-order valence-electron chi connectivity index (χ1n) is 7.03. The van der Waals surface area contributed by atoms with Crippen LogP contribution in [0.5, 0.6) is 0 Å². The maximum Gasteiger partial charge on any atom is 0.147 e. The molecule has 2 rings (SSSR count). The van der Waals surface area contributed by atoms with Gasteiger partial charge in [0.25, 0.3) is 0 Å². The minimum absolute atomic E-state index is 0.548. The number of hydrogen-bond donors (Lipinski definition) is 1. The first-order valence-corrected chi connectivity index (χ1v) is 7.80. The minimum Gasteiger partial charge on any atom is -0.383 e. The monoisotopic (exact) mass is 306 g/mol. The Morgan fingerprint density at radius 1 is 1.43 bits per heavy atom. The van der Waals surface area contributed by atoms with E-state index in [9.17, 15) is 0 Å². The van der Waals surface area contributed by atoms with Gasteiger partial charge in [-0.1, -0.05) is 19.9 Å². The largest absolute Gasteiger partial charge is 0.383 e. The molecule has 114 valence electrons. The zero-order chi connectivity index (χ0) is 15.2. The Bertz CT molecular complexity index is 556. The molecule has 0 aromatic carbocycles. The van der Waals surface area contributed by atoms with Crippen molar-refractivity contribution < 1.29 is 4.74 Å². The number of methoxy groups -OCH3 is 1. The van der Waals surface area contributed by atoms with Gasteiger partial charge in [-0.25, -0.2) is 0 Å². The molecule has 0 radical (unpaired) electrons. The molecule has 0 aliphatic carbocycles.